The fourth-order valence-corrected chi connectivity index (χ4v) is 2.79. The monoisotopic (exact) mass is 270 g/mol. The van der Waals surface area contributed by atoms with E-state index in [9.17, 15) is 4.79 Å². The highest BCUT2D eigenvalue weighted by molar-refractivity contribution is 5.85. The van der Waals surface area contributed by atoms with Crippen molar-refractivity contribution in [2.45, 2.75) is 77.0 Å². The van der Waals surface area contributed by atoms with Crippen LogP contribution in [0.3, 0.4) is 0 Å². The second kappa shape index (κ2) is 7.25. The van der Waals surface area contributed by atoms with Gasteiger partial charge in [0.05, 0.1) is 0 Å². The van der Waals surface area contributed by atoms with Gasteiger partial charge in [-0.1, -0.05) is 13.8 Å². The quantitative estimate of drug-likeness (QED) is 0.806. The number of amides is 1. The van der Waals surface area contributed by atoms with E-state index in [-0.39, 0.29) is 5.91 Å². The average molecular weight is 270 g/mol. The summed E-state index contributed by atoms with van der Waals surface area (Å²) in [6, 6.07) is 0.656. The van der Waals surface area contributed by atoms with Crippen LogP contribution in [0, 0.1) is 0 Å². The van der Waals surface area contributed by atoms with Crippen LogP contribution in [0.15, 0.2) is 0 Å². The van der Waals surface area contributed by atoms with Crippen LogP contribution in [-0.4, -0.2) is 42.1 Å². The zero-order valence-electron chi connectivity index (χ0n) is 12.9. The lowest BCUT2D eigenvalue weighted by Crippen LogP contribution is -2.53. The highest BCUT2D eigenvalue weighted by Crippen LogP contribution is 2.26. The standard InChI is InChI=1S/C15H30N2O2/c1-5-11-17(13-9-7-12(16)8-10-13)14(18)15(3,6-2)19-4/h12-13H,5-11,16H2,1-4H3. The molecule has 1 unspecified atom stereocenters. The molecule has 19 heavy (non-hydrogen) atoms. The molecule has 112 valence electrons. The number of ether oxygens (including phenoxy) is 1. The first kappa shape index (κ1) is 16.4. The summed E-state index contributed by atoms with van der Waals surface area (Å²) in [5.41, 5.74) is 5.27. The van der Waals surface area contributed by atoms with Gasteiger partial charge in [0.15, 0.2) is 0 Å². The Bertz CT molecular complexity index is 282. The van der Waals surface area contributed by atoms with Gasteiger partial charge in [0.1, 0.15) is 5.60 Å². The Morgan fingerprint density at radius 2 is 1.89 bits per heavy atom. The number of hydrogen-bond acceptors (Lipinski definition) is 3. The van der Waals surface area contributed by atoms with Crippen molar-refractivity contribution in [1.29, 1.82) is 0 Å². The zero-order valence-corrected chi connectivity index (χ0v) is 12.9. The molecule has 0 saturated heterocycles. The molecule has 0 bridgehead atoms. The van der Waals surface area contributed by atoms with Crippen molar-refractivity contribution in [3.63, 3.8) is 0 Å². The van der Waals surface area contributed by atoms with Crippen LogP contribution in [-0.2, 0) is 9.53 Å². The summed E-state index contributed by atoms with van der Waals surface area (Å²) < 4.78 is 5.47. The van der Waals surface area contributed by atoms with E-state index in [1.54, 1.807) is 7.11 Å². The van der Waals surface area contributed by atoms with Crippen LogP contribution in [0.5, 0.6) is 0 Å². The Morgan fingerprint density at radius 1 is 1.32 bits per heavy atom. The molecule has 0 spiro atoms. The van der Waals surface area contributed by atoms with E-state index in [1.807, 2.05) is 18.7 Å². The van der Waals surface area contributed by atoms with Crippen molar-refractivity contribution in [1.82, 2.24) is 4.90 Å². The Hall–Kier alpha value is -0.610. The summed E-state index contributed by atoms with van der Waals surface area (Å²) in [6.45, 7) is 6.83. The van der Waals surface area contributed by atoms with Crippen molar-refractivity contribution in [3.05, 3.63) is 0 Å². The Balaban J connectivity index is 2.79. The van der Waals surface area contributed by atoms with Crippen LogP contribution in [0.4, 0.5) is 0 Å². The number of nitrogens with two attached hydrogens (primary N) is 1. The molecule has 0 aromatic carbocycles. The normalized spacial score (nSPS) is 26.8. The van der Waals surface area contributed by atoms with E-state index >= 15 is 0 Å². The minimum absolute atomic E-state index is 0.139. The Kier molecular flexibility index (Phi) is 6.27. The molecule has 4 heteroatoms. The molecule has 1 fully saturated rings. The third kappa shape index (κ3) is 3.93. The number of hydrogen-bond donors (Lipinski definition) is 1. The topological polar surface area (TPSA) is 55.6 Å². The minimum Gasteiger partial charge on any atom is -0.369 e. The van der Waals surface area contributed by atoms with Crippen LogP contribution >= 0.6 is 0 Å². The molecule has 0 aromatic heterocycles. The smallest absolute Gasteiger partial charge is 0.254 e. The molecule has 1 rings (SSSR count). The summed E-state index contributed by atoms with van der Waals surface area (Å²) in [5.74, 6) is 0.139. The van der Waals surface area contributed by atoms with Gasteiger partial charge in [-0.25, -0.2) is 0 Å². The van der Waals surface area contributed by atoms with Gasteiger partial charge < -0.3 is 15.4 Å². The first-order chi connectivity index (χ1) is 8.98. The van der Waals surface area contributed by atoms with Crippen molar-refractivity contribution in [2.24, 2.45) is 5.73 Å². The maximum Gasteiger partial charge on any atom is 0.254 e. The largest absolute Gasteiger partial charge is 0.369 e. The maximum atomic E-state index is 12.8. The molecule has 1 aliphatic rings. The third-order valence-corrected chi connectivity index (χ3v) is 4.49. The fourth-order valence-electron chi connectivity index (χ4n) is 2.79. The van der Waals surface area contributed by atoms with Gasteiger partial charge in [-0.3, -0.25) is 4.79 Å². The Labute approximate surface area is 117 Å². The minimum atomic E-state index is -0.686. The summed E-state index contributed by atoms with van der Waals surface area (Å²) >= 11 is 0. The van der Waals surface area contributed by atoms with E-state index in [0.29, 0.717) is 18.5 Å². The number of carbonyl (C=O) groups excluding carboxylic acids is 1. The van der Waals surface area contributed by atoms with Gasteiger partial charge in [0.25, 0.3) is 5.91 Å². The summed E-state index contributed by atoms with van der Waals surface area (Å²) in [6.07, 6.45) is 5.78. The van der Waals surface area contributed by atoms with Crippen molar-refractivity contribution in [2.75, 3.05) is 13.7 Å². The SMILES string of the molecule is CCCN(C(=O)C(C)(CC)OC)C1CCC(N)CC1. The second-order valence-electron chi connectivity index (χ2n) is 5.86. The lowest BCUT2D eigenvalue weighted by atomic mass is 9.89. The number of nitrogens with zero attached hydrogens (tertiary/aromatic N) is 1. The molecule has 0 aliphatic heterocycles. The van der Waals surface area contributed by atoms with E-state index in [1.165, 1.54) is 0 Å². The first-order valence-electron chi connectivity index (χ1n) is 7.60. The predicted molar refractivity (Wildman–Crippen MR) is 77.9 cm³/mol. The summed E-state index contributed by atoms with van der Waals surface area (Å²) in [4.78, 5) is 14.8. The van der Waals surface area contributed by atoms with Gasteiger partial charge in [-0.15, -0.1) is 0 Å². The lowest BCUT2D eigenvalue weighted by Gasteiger charge is -2.40. The molecule has 0 radical (unpaired) electrons. The zero-order chi connectivity index (χ0) is 14.5. The highest BCUT2D eigenvalue weighted by Gasteiger charge is 2.38. The Morgan fingerprint density at radius 3 is 2.32 bits per heavy atom. The molecule has 0 heterocycles. The van der Waals surface area contributed by atoms with E-state index in [4.69, 9.17) is 10.5 Å². The van der Waals surface area contributed by atoms with E-state index < -0.39 is 5.60 Å². The molecule has 4 nitrogen and oxygen atoms in total. The molecule has 2 N–H and O–H groups in total. The van der Waals surface area contributed by atoms with Gasteiger partial charge in [0, 0.05) is 25.7 Å². The van der Waals surface area contributed by atoms with Gasteiger partial charge >= 0.3 is 0 Å². The molecule has 1 saturated carbocycles. The first-order valence-corrected chi connectivity index (χ1v) is 7.60. The van der Waals surface area contributed by atoms with Gasteiger partial charge in [-0.2, -0.15) is 0 Å². The molecule has 1 atom stereocenters. The second-order valence-corrected chi connectivity index (χ2v) is 5.86. The van der Waals surface area contributed by atoms with Crippen LogP contribution in [0.25, 0.3) is 0 Å². The van der Waals surface area contributed by atoms with Crippen LogP contribution in [0.1, 0.15) is 59.3 Å². The molecular formula is C15H30N2O2. The highest BCUT2D eigenvalue weighted by atomic mass is 16.5. The van der Waals surface area contributed by atoms with Gasteiger partial charge in [-0.05, 0) is 45.4 Å². The molecule has 0 aromatic rings. The lowest BCUT2D eigenvalue weighted by molar-refractivity contribution is -0.156. The van der Waals surface area contributed by atoms with Crippen molar-refractivity contribution < 1.29 is 9.53 Å². The fraction of sp³-hybridized carbons (Fsp3) is 0.933. The van der Waals surface area contributed by atoms with Crippen LogP contribution < -0.4 is 5.73 Å². The molecule has 1 aliphatic carbocycles. The maximum absolute atomic E-state index is 12.8. The van der Waals surface area contributed by atoms with E-state index in [0.717, 1.165) is 38.6 Å². The van der Waals surface area contributed by atoms with Crippen molar-refractivity contribution >= 4 is 5.91 Å². The molecular weight excluding hydrogens is 240 g/mol. The number of methoxy groups -OCH3 is 1. The van der Waals surface area contributed by atoms with E-state index in [2.05, 4.69) is 6.92 Å². The molecule has 1 amide bonds. The van der Waals surface area contributed by atoms with Crippen molar-refractivity contribution in [3.8, 4) is 0 Å². The summed E-state index contributed by atoms with van der Waals surface area (Å²) in [5, 5.41) is 0. The average Bonchev–Trinajstić information content (AvgIpc) is 2.44. The van der Waals surface area contributed by atoms with Crippen LogP contribution in [0.2, 0.25) is 0 Å². The third-order valence-electron chi connectivity index (χ3n) is 4.49. The van der Waals surface area contributed by atoms with Gasteiger partial charge in [0.2, 0.25) is 0 Å². The number of rotatable bonds is 6. The summed E-state index contributed by atoms with van der Waals surface area (Å²) in [7, 11) is 1.63. The predicted octanol–water partition coefficient (Wildman–Crippen LogP) is 2.31. The number of carbonyl (C=O) groups is 1.